The molecule has 1 N–H and O–H groups in total. The molecule has 0 saturated carbocycles. The van der Waals surface area contributed by atoms with Crippen molar-refractivity contribution >= 4 is 0 Å². The van der Waals surface area contributed by atoms with Crippen LogP contribution in [0.5, 0.6) is 0 Å². The van der Waals surface area contributed by atoms with E-state index in [1.807, 2.05) is 14.0 Å². The van der Waals surface area contributed by atoms with Gasteiger partial charge >= 0.3 is 0 Å². The van der Waals surface area contributed by atoms with Crippen LogP contribution in [0.15, 0.2) is 24.3 Å². The minimum absolute atomic E-state index is 0.459. The molecule has 1 unspecified atom stereocenters. The summed E-state index contributed by atoms with van der Waals surface area (Å²) in [5.41, 5.74) is 2.73. The summed E-state index contributed by atoms with van der Waals surface area (Å²) < 4.78 is 5.43. The normalized spacial score (nSPS) is 12.7. The Balaban J connectivity index is 2.34. The third-order valence-electron chi connectivity index (χ3n) is 2.83. The highest BCUT2D eigenvalue weighted by Gasteiger charge is 2.05. The summed E-state index contributed by atoms with van der Waals surface area (Å²) in [4.78, 5) is 0. The van der Waals surface area contributed by atoms with Crippen molar-refractivity contribution in [1.29, 1.82) is 0 Å². The van der Waals surface area contributed by atoms with Crippen molar-refractivity contribution < 1.29 is 4.74 Å². The lowest BCUT2D eigenvalue weighted by Gasteiger charge is -2.15. The third kappa shape index (κ3) is 4.77. The topological polar surface area (TPSA) is 21.3 Å². The van der Waals surface area contributed by atoms with E-state index in [1.165, 1.54) is 11.1 Å². The number of ether oxygens (including phenoxy) is 1. The molecule has 1 aromatic carbocycles. The van der Waals surface area contributed by atoms with Gasteiger partial charge in [-0.05, 0) is 39.3 Å². The van der Waals surface area contributed by atoms with Crippen LogP contribution in [0.3, 0.4) is 0 Å². The molecule has 1 rings (SSSR count). The molecule has 0 saturated heterocycles. The first-order valence-electron chi connectivity index (χ1n) is 6.06. The molecule has 2 heteroatoms. The van der Waals surface area contributed by atoms with Crippen molar-refractivity contribution in [3.05, 3.63) is 35.4 Å². The molecule has 0 bridgehead atoms. The molecular formula is C14H23NO. The second-order valence-corrected chi connectivity index (χ2v) is 4.17. The Labute approximate surface area is 99.0 Å². The maximum atomic E-state index is 5.43. The Morgan fingerprint density at radius 1 is 1.25 bits per heavy atom. The number of rotatable bonds is 7. The standard InChI is InChI=1S/C14H23NO/c1-4-16-11-14(15-3)10-9-13-7-5-12(2)6-8-13/h5-8,14-15H,4,9-11H2,1-3H3. The van der Waals surface area contributed by atoms with Gasteiger partial charge in [0.15, 0.2) is 0 Å². The highest BCUT2D eigenvalue weighted by molar-refractivity contribution is 5.21. The lowest BCUT2D eigenvalue weighted by Crippen LogP contribution is -2.30. The maximum absolute atomic E-state index is 5.43. The van der Waals surface area contributed by atoms with Crippen LogP contribution in [0.1, 0.15) is 24.5 Å². The van der Waals surface area contributed by atoms with Crippen LogP contribution in [0.2, 0.25) is 0 Å². The first-order valence-corrected chi connectivity index (χ1v) is 6.06. The summed E-state index contributed by atoms with van der Waals surface area (Å²) >= 11 is 0. The Kier molecular flexibility index (Phi) is 6.12. The number of aryl methyl sites for hydroxylation is 2. The molecule has 0 heterocycles. The van der Waals surface area contributed by atoms with Crippen molar-refractivity contribution in [3.63, 3.8) is 0 Å². The van der Waals surface area contributed by atoms with Gasteiger partial charge in [-0.2, -0.15) is 0 Å². The first kappa shape index (κ1) is 13.2. The van der Waals surface area contributed by atoms with E-state index in [2.05, 4.69) is 36.5 Å². The van der Waals surface area contributed by atoms with Gasteiger partial charge in [-0.25, -0.2) is 0 Å². The van der Waals surface area contributed by atoms with Crippen molar-refractivity contribution in [1.82, 2.24) is 5.32 Å². The average Bonchev–Trinajstić information content (AvgIpc) is 2.32. The van der Waals surface area contributed by atoms with Gasteiger partial charge in [0.1, 0.15) is 0 Å². The molecule has 90 valence electrons. The molecule has 0 aliphatic heterocycles. The highest BCUT2D eigenvalue weighted by atomic mass is 16.5. The average molecular weight is 221 g/mol. The molecule has 16 heavy (non-hydrogen) atoms. The Bertz CT molecular complexity index is 281. The van der Waals surface area contributed by atoms with Crippen LogP contribution in [-0.2, 0) is 11.2 Å². The summed E-state index contributed by atoms with van der Waals surface area (Å²) in [7, 11) is 2.00. The molecule has 0 aliphatic carbocycles. The van der Waals surface area contributed by atoms with Gasteiger partial charge in [0.2, 0.25) is 0 Å². The lowest BCUT2D eigenvalue weighted by molar-refractivity contribution is 0.122. The molecule has 2 nitrogen and oxygen atoms in total. The Morgan fingerprint density at radius 2 is 1.94 bits per heavy atom. The predicted molar refractivity (Wildman–Crippen MR) is 68.8 cm³/mol. The zero-order valence-corrected chi connectivity index (χ0v) is 10.6. The van der Waals surface area contributed by atoms with Gasteiger partial charge in [-0.15, -0.1) is 0 Å². The monoisotopic (exact) mass is 221 g/mol. The molecule has 0 amide bonds. The van der Waals surface area contributed by atoms with Crippen molar-refractivity contribution in [2.75, 3.05) is 20.3 Å². The van der Waals surface area contributed by atoms with Crippen molar-refractivity contribution in [2.45, 2.75) is 32.7 Å². The number of benzene rings is 1. The van der Waals surface area contributed by atoms with Crippen LogP contribution >= 0.6 is 0 Å². The van der Waals surface area contributed by atoms with E-state index in [0.29, 0.717) is 6.04 Å². The zero-order chi connectivity index (χ0) is 11.8. The molecule has 0 aliphatic rings. The van der Waals surface area contributed by atoms with E-state index < -0.39 is 0 Å². The minimum Gasteiger partial charge on any atom is -0.380 e. The fourth-order valence-electron chi connectivity index (χ4n) is 1.67. The van der Waals surface area contributed by atoms with Crippen LogP contribution in [0.25, 0.3) is 0 Å². The molecule has 0 fully saturated rings. The summed E-state index contributed by atoms with van der Waals surface area (Å²) in [6.07, 6.45) is 2.23. The molecule has 0 spiro atoms. The lowest BCUT2D eigenvalue weighted by atomic mass is 10.0. The fourth-order valence-corrected chi connectivity index (χ4v) is 1.67. The highest BCUT2D eigenvalue weighted by Crippen LogP contribution is 2.07. The van der Waals surface area contributed by atoms with E-state index in [-0.39, 0.29) is 0 Å². The molecule has 1 aromatic rings. The largest absolute Gasteiger partial charge is 0.380 e. The van der Waals surface area contributed by atoms with Crippen LogP contribution in [0, 0.1) is 6.92 Å². The molecule has 0 radical (unpaired) electrons. The zero-order valence-electron chi connectivity index (χ0n) is 10.6. The number of nitrogens with one attached hydrogen (secondary N) is 1. The number of hydrogen-bond donors (Lipinski definition) is 1. The van der Waals surface area contributed by atoms with Gasteiger partial charge in [0, 0.05) is 12.6 Å². The van der Waals surface area contributed by atoms with Crippen LogP contribution < -0.4 is 5.32 Å². The van der Waals surface area contributed by atoms with Gasteiger partial charge in [-0.3, -0.25) is 0 Å². The number of likely N-dealkylation sites (N-methyl/N-ethyl adjacent to an activating group) is 1. The third-order valence-corrected chi connectivity index (χ3v) is 2.83. The second-order valence-electron chi connectivity index (χ2n) is 4.17. The smallest absolute Gasteiger partial charge is 0.0619 e. The van der Waals surface area contributed by atoms with E-state index in [4.69, 9.17) is 4.74 Å². The predicted octanol–water partition coefficient (Wildman–Crippen LogP) is 2.55. The second kappa shape index (κ2) is 7.42. The summed E-state index contributed by atoms with van der Waals surface area (Å²) in [6.45, 7) is 5.75. The summed E-state index contributed by atoms with van der Waals surface area (Å²) in [6, 6.07) is 9.23. The van der Waals surface area contributed by atoms with Crippen LogP contribution in [0.4, 0.5) is 0 Å². The Hall–Kier alpha value is -0.860. The van der Waals surface area contributed by atoms with Gasteiger partial charge < -0.3 is 10.1 Å². The quantitative estimate of drug-likeness (QED) is 0.764. The maximum Gasteiger partial charge on any atom is 0.0619 e. The summed E-state index contributed by atoms with van der Waals surface area (Å²) in [5, 5.41) is 3.29. The molecular weight excluding hydrogens is 198 g/mol. The van der Waals surface area contributed by atoms with Gasteiger partial charge in [0.05, 0.1) is 6.61 Å². The SMILES string of the molecule is CCOCC(CCc1ccc(C)cc1)NC. The van der Waals surface area contributed by atoms with Crippen LogP contribution in [-0.4, -0.2) is 26.3 Å². The fraction of sp³-hybridized carbons (Fsp3) is 0.571. The van der Waals surface area contributed by atoms with Gasteiger partial charge in [0.25, 0.3) is 0 Å². The summed E-state index contributed by atoms with van der Waals surface area (Å²) in [5.74, 6) is 0. The Morgan fingerprint density at radius 3 is 2.50 bits per heavy atom. The van der Waals surface area contributed by atoms with E-state index >= 15 is 0 Å². The van der Waals surface area contributed by atoms with Crippen molar-refractivity contribution in [3.8, 4) is 0 Å². The van der Waals surface area contributed by atoms with E-state index in [0.717, 1.165) is 26.1 Å². The first-order chi connectivity index (χ1) is 7.76. The van der Waals surface area contributed by atoms with Crippen molar-refractivity contribution in [2.24, 2.45) is 0 Å². The molecule has 0 aromatic heterocycles. The van der Waals surface area contributed by atoms with E-state index in [9.17, 15) is 0 Å². The van der Waals surface area contributed by atoms with Gasteiger partial charge in [-0.1, -0.05) is 29.8 Å². The minimum atomic E-state index is 0.459. The van der Waals surface area contributed by atoms with E-state index in [1.54, 1.807) is 0 Å². The number of hydrogen-bond acceptors (Lipinski definition) is 2. The molecule has 1 atom stereocenters.